The Morgan fingerprint density at radius 2 is 2.11 bits per heavy atom. The predicted molar refractivity (Wildman–Crippen MR) is 78.1 cm³/mol. The van der Waals surface area contributed by atoms with Gasteiger partial charge in [0, 0.05) is 17.6 Å². The second-order valence-corrected chi connectivity index (χ2v) is 6.31. The monoisotopic (exact) mass is 357 g/mol. The van der Waals surface area contributed by atoms with Gasteiger partial charge in [-0.3, -0.25) is 0 Å². The maximum absolute atomic E-state index is 13.6. The van der Waals surface area contributed by atoms with Crippen LogP contribution in [0.3, 0.4) is 0 Å². The van der Waals surface area contributed by atoms with Crippen molar-refractivity contribution in [1.82, 2.24) is 15.0 Å². The third kappa shape index (κ3) is 2.35. The Kier molecular flexibility index (Phi) is 3.24. The molecule has 3 nitrogen and oxygen atoms in total. The zero-order valence-electron chi connectivity index (χ0n) is 9.62. The van der Waals surface area contributed by atoms with Gasteiger partial charge in [-0.2, -0.15) is 0 Å². The minimum Gasteiger partial charge on any atom is -0.249 e. The van der Waals surface area contributed by atoms with E-state index in [9.17, 15) is 4.39 Å². The fourth-order valence-electron chi connectivity index (χ4n) is 1.66. The number of aryl methyl sites for hydroxylation is 1. The lowest BCUT2D eigenvalue weighted by Crippen LogP contribution is -1.91. The second kappa shape index (κ2) is 4.77. The molecule has 0 radical (unpaired) electrons. The summed E-state index contributed by atoms with van der Waals surface area (Å²) in [6.07, 6.45) is 1.69. The number of benzene rings is 1. The van der Waals surface area contributed by atoms with Crippen LogP contribution >= 0.6 is 38.9 Å². The number of hydrogen-bond donors (Lipinski definition) is 0. The molecule has 0 unspecified atom stereocenters. The van der Waals surface area contributed by atoms with Crippen LogP contribution in [0.5, 0.6) is 0 Å². The van der Waals surface area contributed by atoms with E-state index in [0.29, 0.717) is 26.4 Å². The summed E-state index contributed by atoms with van der Waals surface area (Å²) < 4.78 is 13.9. The van der Waals surface area contributed by atoms with Crippen LogP contribution in [0.2, 0.25) is 5.15 Å². The molecule has 0 atom stereocenters. The summed E-state index contributed by atoms with van der Waals surface area (Å²) in [7, 11) is 0. The molecule has 3 aromatic rings. The molecule has 19 heavy (non-hydrogen) atoms. The molecule has 0 saturated heterocycles. The Bertz CT molecular complexity index is 790. The molecule has 0 aliphatic heterocycles. The summed E-state index contributed by atoms with van der Waals surface area (Å²) in [5.41, 5.74) is 0.474. The van der Waals surface area contributed by atoms with Gasteiger partial charge >= 0.3 is 0 Å². The van der Waals surface area contributed by atoms with E-state index in [2.05, 4.69) is 30.9 Å². The van der Waals surface area contributed by atoms with Crippen molar-refractivity contribution in [3.05, 3.63) is 38.8 Å². The number of rotatable bonds is 1. The first-order valence-corrected chi connectivity index (χ1v) is 7.28. The quantitative estimate of drug-likeness (QED) is 0.596. The highest BCUT2D eigenvalue weighted by molar-refractivity contribution is 9.10. The van der Waals surface area contributed by atoms with Gasteiger partial charge in [-0.25, -0.2) is 19.3 Å². The number of thiazole rings is 1. The first-order chi connectivity index (χ1) is 9.04. The Morgan fingerprint density at radius 3 is 2.79 bits per heavy atom. The number of halogens is 3. The summed E-state index contributed by atoms with van der Waals surface area (Å²) >= 11 is 10.7. The zero-order valence-corrected chi connectivity index (χ0v) is 12.8. The summed E-state index contributed by atoms with van der Waals surface area (Å²) in [5, 5.41) is 1.82. The number of fused-ring (bicyclic) bond motifs is 1. The second-order valence-electron chi connectivity index (χ2n) is 3.87. The van der Waals surface area contributed by atoms with Crippen molar-refractivity contribution in [2.45, 2.75) is 6.92 Å². The normalized spacial score (nSPS) is 11.2. The van der Waals surface area contributed by atoms with E-state index in [-0.39, 0.29) is 5.82 Å². The minimum absolute atomic E-state index is 0.298. The Balaban J connectivity index is 2.27. The average Bonchev–Trinajstić information content (AvgIpc) is 2.78. The lowest BCUT2D eigenvalue weighted by Gasteiger charge is -2.04. The van der Waals surface area contributed by atoms with E-state index in [1.54, 1.807) is 12.3 Å². The van der Waals surface area contributed by atoms with Crippen LogP contribution in [0.25, 0.3) is 21.6 Å². The maximum Gasteiger partial charge on any atom is 0.173 e. The van der Waals surface area contributed by atoms with Crippen LogP contribution < -0.4 is 0 Å². The van der Waals surface area contributed by atoms with Crippen molar-refractivity contribution in [2.75, 3.05) is 0 Å². The van der Waals surface area contributed by atoms with E-state index in [4.69, 9.17) is 11.6 Å². The van der Waals surface area contributed by atoms with Gasteiger partial charge in [0.15, 0.2) is 5.82 Å². The fraction of sp³-hybridized carbons (Fsp3) is 0.0833. The van der Waals surface area contributed by atoms with E-state index in [1.165, 1.54) is 17.4 Å². The van der Waals surface area contributed by atoms with E-state index >= 15 is 0 Å². The third-order valence-corrected chi connectivity index (χ3v) is 4.34. The van der Waals surface area contributed by atoms with Crippen molar-refractivity contribution in [1.29, 1.82) is 0 Å². The van der Waals surface area contributed by atoms with Crippen LogP contribution in [0, 0.1) is 12.7 Å². The van der Waals surface area contributed by atoms with Gasteiger partial charge in [-0.15, -0.1) is 11.3 Å². The van der Waals surface area contributed by atoms with Gasteiger partial charge in [-0.1, -0.05) is 11.6 Å². The van der Waals surface area contributed by atoms with Crippen molar-refractivity contribution in [3.8, 4) is 10.7 Å². The largest absolute Gasteiger partial charge is 0.249 e. The standard InChI is InChI=1S/C12H6BrClFN3S/c1-5-16-4-10(19-5)12-17-9-3-8(15)7(13)2-6(9)11(14)18-12/h2-4H,1H3. The Labute approximate surface area is 125 Å². The molecular weight excluding hydrogens is 353 g/mol. The molecule has 96 valence electrons. The molecule has 0 bridgehead atoms. The molecule has 0 amide bonds. The molecular formula is C12H6BrClFN3S. The van der Waals surface area contributed by atoms with Gasteiger partial charge in [0.2, 0.25) is 0 Å². The number of aromatic nitrogens is 3. The van der Waals surface area contributed by atoms with Crippen molar-refractivity contribution >= 4 is 49.8 Å². The molecule has 2 heterocycles. The summed E-state index contributed by atoms with van der Waals surface area (Å²) in [4.78, 5) is 13.5. The molecule has 0 N–H and O–H groups in total. The molecule has 0 aliphatic carbocycles. The highest BCUT2D eigenvalue weighted by atomic mass is 79.9. The molecule has 7 heteroatoms. The first-order valence-electron chi connectivity index (χ1n) is 5.29. The molecule has 0 aliphatic rings. The smallest absolute Gasteiger partial charge is 0.173 e. The predicted octanol–water partition coefficient (Wildman–Crippen LogP) is 4.62. The number of nitrogens with zero attached hydrogens (tertiary/aromatic N) is 3. The van der Waals surface area contributed by atoms with Crippen molar-refractivity contribution < 1.29 is 4.39 Å². The highest BCUT2D eigenvalue weighted by Gasteiger charge is 2.12. The van der Waals surface area contributed by atoms with Gasteiger partial charge in [0.25, 0.3) is 0 Å². The van der Waals surface area contributed by atoms with Crippen molar-refractivity contribution in [2.24, 2.45) is 0 Å². The topological polar surface area (TPSA) is 38.7 Å². The molecule has 0 saturated carbocycles. The minimum atomic E-state index is -0.381. The fourth-order valence-corrected chi connectivity index (χ4v) is 2.95. The lowest BCUT2D eigenvalue weighted by molar-refractivity contribution is 0.623. The van der Waals surface area contributed by atoms with Crippen LogP contribution in [0.15, 0.2) is 22.8 Å². The molecule has 0 fully saturated rings. The van der Waals surface area contributed by atoms with Gasteiger partial charge in [0.05, 0.1) is 19.9 Å². The van der Waals surface area contributed by atoms with Crippen molar-refractivity contribution in [3.63, 3.8) is 0 Å². The summed E-state index contributed by atoms with van der Waals surface area (Å²) in [5.74, 6) is 0.0820. The van der Waals surface area contributed by atoms with Gasteiger partial charge < -0.3 is 0 Å². The van der Waals surface area contributed by atoms with E-state index in [1.807, 2.05) is 6.92 Å². The Morgan fingerprint density at radius 1 is 1.32 bits per heavy atom. The average molecular weight is 359 g/mol. The summed E-state index contributed by atoms with van der Waals surface area (Å²) in [6.45, 7) is 1.90. The highest BCUT2D eigenvalue weighted by Crippen LogP contribution is 2.30. The Hall–Kier alpha value is -1.11. The molecule has 1 aromatic carbocycles. The molecule has 3 rings (SSSR count). The van der Waals surface area contributed by atoms with Crippen LogP contribution in [0.1, 0.15) is 5.01 Å². The number of hydrogen-bond acceptors (Lipinski definition) is 4. The SMILES string of the molecule is Cc1ncc(-c2nc(Cl)c3cc(Br)c(F)cc3n2)s1. The zero-order chi connectivity index (χ0) is 13.6. The van der Waals surface area contributed by atoms with E-state index in [0.717, 1.165) is 9.88 Å². The van der Waals surface area contributed by atoms with E-state index < -0.39 is 0 Å². The molecule has 2 aromatic heterocycles. The van der Waals surface area contributed by atoms with Crippen LogP contribution in [0.4, 0.5) is 4.39 Å². The lowest BCUT2D eigenvalue weighted by atomic mass is 10.2. The third-order valence-electron chi connectivity index (χ3n) is 2.53. The van der Waals surface area contributed by atoms with Gasteiger partial charge in [-0.05, 0) is 28.9 Å². The first kappa shape index (κ1) is 12.9. The van der Waals surface area contributed by atoms with Crippen LogP contribution in [-0.2, 0) is 0 Å². The van der Waals surface area contributed by atoms with Gasteiger partial charge in [0.1, 0.15) is 11.0 Å². The molecule has 0 spiro atoms. The van der Waals surface area contributed by atoms with Crippen LogP contribution in [-0.4, -0.2) is 15.0 Å². The maximum atomic E-state index is 13.6. The summed E-state index contributed by atoms with van der Waals surface area (Å²) in [6, 6.07) is 2.92.